The fourth-order valence-electron chi connectivity index (χ4n) is 3.58. The van der Waals surface area contributed by atoms with Gasteiger partial charge >= 0.3 is 0 Å². The van der Waals surface area contributed by atoms with Crippen molar-refractivity contribution < 1.29 is 14.0 Å². The highest BCUT2D eigenvalue weighted by Crippen LogP contribution is 2.20. The van der Waals surface area contributed by atoms with Crippen molar-refractivity contribution in [3.63, 3.8) is 0 Å². The van der Waals surface area contributed by atoms with E-state index in [-0.39, 0.29) is 17.6 Å². The third kappa shape index (κ3) is 5.40. The van der Waals surface area contributed by atoms with E-state index < -0.39 is 0 Å². The van der Waals surface area contributed by atoms with Gasteiger partial charge in [0, 0.05) is 49.2 Å². The van der Waals surface area contributed by atoms with Crippen LogP contribution in [0.3, 0.4) is 0 Å². The van der Waals surface area contributed by atoms with Crippen molar-refractivity contribution in [1.29, 1.82) is 0 Å². The summed E-state index contributed by atoms with van der Waals surface area (Å²) in [6.07, 6.45) is 3.47. The number of hydrogen-bond acceptors (Lipinski definition) is 3. The van der Waals surface area contributed by atoms with E-state index in [2.05, 4.69) is 10.2 Å². The summed E-state index contributed by atoms with van der Waals surface area (Å²) in [5, 5.41) is 2.82. The van der Waals surface area contributed by atoms with E-state index in [0.29, 0.717) is 24.3 Å². The Morgan fingerprint density at radius 3 is 2.12 bits per heavy atom. The first-order chi connectivity index (χ1) is 15.6. The standard InChI is InChI=1S/C26H24FN3O2/c27-22-9-7-21(8-10-22)26(32)28-23-11-13-24(14-12-23)29-16-18-30(19-17-29)25(31)15-6-20-4-2-1-3-5-20/h1-15H,16-19H2,(H,28,32)/b15-6+. The van der Waals surface area contributed by atoms with Crippen LogP contribution in [0.5, 0.6) is 0 Å². The summed E-state index contributed by atoms with van der Waals surface area (Å²) in [5.41, 5.74) is 3.11. The van der Waals surface area contributed by atoms with E-state index in [1.807, 2.05) is 65.6 Å². The largest absolute Gasteiger partial charge is 0.368 e. The molecule has 6 heteroatoms. The molecule has 4 rings (SSSR count). The summed E-state index contributed by atoms with van der Waals surface area (Å²) >= 11 is 0. The minimum atomic E-state index is -0.375. The smallest absolute Gasteiger partial charge is 0.255 e. The quantitative estimate of drug-likeness (QED) is 0.610. The Labute approximate surface area is 186 Å². The molecular weight excluding hydrogens is 405 g/mol. The molecule has 32 heavy (non-hydrogen) atoms. The number of benzene rings is 3. The molecule has 0 saturated carbocycles. The molecule has 1 fully saturated rings. The SMILES string of the molecule is O=C(Nc1ccc(N2CCN(C(=O)/C=C/c3ccccc3)CC2)cc1)c1ccc(F)cc1. The van der Waals surface area contributed by atoms with Gasteiger partial charge in [-0.15, -0.1) is 0 Å². The average Bonchev–Trinajstić information content (AvgIpc) is 2.84. The van der Waals surface area contributed by atoms with Crippen LogP contribution in [0, 0.1) is 5.82 Å². The zero-order valence-electron chi connectivity index (χ0n) is 17.6. The number of carbonyl (C=O) groups is 2. The van der Waals surface area contributed by atoms with E-state index in [0.717, 1.165) is 24.3 Å². The first-order valence-corrected chi connectivity index (χ1v) is 10.5. The first kappa shape index (κ1) is 21.3. The molecule has 0 spiro atoms. The number of hydrogen-bond donors (Lipinski definition) is 1. The number of piperazine rings is 1. The van der Waals surface area contributed by atoms with Gasteiger partial charge in [-0.25, -0.2) is 4.39 Å². The second-order valence-electron chi connectivity index (χ2n) is 7.56. The molecule has 162 valence electrons. The second-order valence-corrected chi connectivity index (χ2v) is 7.56. The van der Waals surface area contributed by atoms with Crippen molar-refractivity contribution in [2.24, 2.45) is 0 Å². The van der Waals surface area contributed by atoms with E-state index in [4.69, 9.17) is 0 Å². The predicted octanol–water partition coefficient (Wildman–Crippen LogP) is 4.44. The molecule has 3 aromatic rings. The third-order valence-electron chi connectivity index (χ3n) is 5.41. The van der Waals surface area contributed by atoms with Crippen molar-refractivity contribution in [3.8, 4) is 0 Å². The van der Waals surface area contributed by atoms with E-state index in [1.54, 1.807) is 6.08 Å². The third-order valence-corrected chi connectivity index (χ3v) is 5.41. The monoisotopic (exact) mass is 429 g/mol. The van der Waals surface area contributed by atoms with Gasteiger partial charge in [0.1, 0.15) is 5.82 Å². The number of amides is 2. The van der Waals surface area contributed by atoms with E-state index in [9.17, 15) is 14.0 Å². The maximum atomic E-state index is 13.0. The highest BCUT2D eigenvalue weighted by molar-refractivity contribution is 6.04. The summed E-state index contributed by atoms with van der Waals surface area (Å²) in [7, 11) is 0. The lowest BCUT2D eigenvalue weighted by Gasteiger charge is -2.35. The molecule has 0 aliphatic carbocycles. The minimum absolute atomic E-state index is 0.0207. The summed E-state index contributed by atoms with van der Waals surface area (Å²) < 4.78 is 13.0. The number of anilines is 2. The van der Waals surface area contributed by atoms with Crippen LogP contribution in [0.4, 0.5) is 15.8 Å². The van der Waals surface area contributed by atoms with Crippen LogP contribution in [0.2, 0.25) is 0 Å². The zero-order chi connectivity index (χ0) is 22.3. The van der Waals surface area contributed by atoms with Gasteiger partial charge in [0.15, 0.2) is 0 Å². The normalized spacial score (nSPS) is 13.9. The Kier molecular flexibility index (Phi) is 6.60. The molecule has 1 heterocycles. The van der Waals surface area contributed by atoms with Crippen LogP contribution in [0.25, 0.3) is 6.08 Å². The van der Waals surface area contributed by atoms with Gasteiger partial charge in [0.05, 0.1) is 0 Å². The molecule has 0 unspecified atom stereocenters. The van der Waals surface area contributed by atoms with Crippen molar-refractivity contribution in [2.45, 2.75) is 0 Å². The molecule has 1 aliphatic heterocycles. The number of nitrogens with zero attached hydrogens (tertiary/aromatic N) is 2. The molecule has 5 nitrogen and oxygen atoms in total. The fourth-order valence-corrected chi connectivity index (χ4v) is 3.58. The van der Waals surface area contributed by atoms with Crippen molar-refractivity contribution in [1.82, 2.24) is 4.90 Å². The number of nitrogens with one attached hydrogen (secondary N) is 1. The Hall–Kier alpha value is -3.93. The van der Waals surface area contributed by atoms with E-state index >= 15 is 0 Å². The maximum Gasteiger partial charge on any atom is 0.255 e. The molecule has 1 N–H and O–H groups in total. The van der Waals surface area contributed by atoms with Crippen LogP contribution >= 0.6 is 0 Å². The van der Waals surface area contributed by atoms with Gasteiger partial charge < -0.3 is 15.1 Å². The van der Waals surface area contributed by atoms with Gasteiger partial charge in [-0.2, -0.15) is 0 Å². The number of halogens is 1. The molecule has 3 aromatic carbocycles. The van der Waals surface area contributed by atoms with E-state index in [1.165, 1.54) is 24.3 Å². The lowest BCUT2D eigenvalue weighted by molar-refractivity contribution is -0.126. The topological polar surface area (TPSA) is 52.7 Å². The highest BCUT2D eigenvalue weighted by atomic mass is 19.1. The summed E-state index contributed by atoms with van der Waals surface area (Å²) in [5.74, 6) is -0.638. The Bertz CT molecular complexity index is 1090. The predicted molar refractivity (Wildman–Crippen MR) is 125 cm³/mol. The van der Waals surface area contributed by atoms with Crippen LogP contribution in [-0.2, 0) is 4.79 Å². The lowest BCUT2D eigenvalue weighted by Crippen LogP contribution is -2.48. The molecule has 1 saturated heterocycles. The molecule has 0 radical (unpaired) electrons. The van der Waals surface area contributed by atoms with Crippen molar-refractivity contribution >= 4 is 29.3 Å². The lowest BCUT2D eigenvalue weighted by atomic mass is 10.2. The van der Waals surface area contributed by atoms with Crippen LogP contribution in [-0.4, -0.2) is 42.9 Å². The molecule has 0 atom stereocenters. The number of rotatable bonds is 5. The van der Waals surface area contributed by atoms with Crippen LogP contribution < -0.4 is 10.2 Å². The number of carbonyl (C=O) groups excluding carboxylic acids is 2. The Morgan fingerprint density at radius 1 is 0.812 bits per heavy atom. The molecule has 0 bridgehead atoms. The highest BCUT2D eigenvalue weighted by Gasteiger charge is 2.20. The van der Waals surface area contributed by atoms with Crippen LogP contribution in [0.15, 0.2) is 84.9 Å². The second kappa shape index (κ2) is 9.92. The summed E-state index contributed by atoms with van der Waals surface area (Å²) in [6.45, 7) is 2.79. The van der Waals surface area contributed by atoms with Gasteiger partial charge in [0.2, 0.25) is 5.91 Å². The van der Waals surface area contributed by atoms with Crippen molar-refractivity contribution in [2.75, 3.05) is 36.4 Å². The Balaban J connectivity index is 1.29. The van der Waals surface area contributed by atoms with Gasteiger partial charge in [-0.05, 0) is 60.2 Å². The zero-order valence-corrected chi connectivity index (χ0v) is 17.6. The minimum Gasteiger partial charge on any atom is -0.368 e. The summed E-state index contributed by atoms with van der Waals surface area (Å²) in [4.78, 5) is 28.8. The maximum absolute atomic E-state index is 13.0. The van der Waals surface area contributed by atoms with Crippen molar-refractivity contribution in [3.05, 3.63) is 102 Å². The first-order valence-electron chi connectivity index (χ1n) is 10.5. The molecule has 1 aliphatic rings. The molecule has 0 aromatic heterocycles. The fraction of sp³-hybridized carbons (Fsp3) is 0.154. The molecule has 2 amide bonds. The van der Waals surface area contributed by atoms with Crippen LogP contribution in [0.1, 0.15) is 15.9 Å². The average molecular weight is 429 g/mol. The summed E-state index contributed by atoms with van der Waals surface area (Å²) in [6, 6.07) is 22.8. The van der Waals surface area contributed by atoms with Gasteiger partial charge in [0.25, 0.3) is 5.91 Å². The van der Waals surface area contributed by atoms with Gasteiger partial charge in [-0.3, -0.25) is 9.59 Å². The molecular formula is C26H24FN3O2. The Morgan fingerprint density at radius 2 is 1.47 bits per heavy atom. The van der Waals surface area contributed by atoms with Gasteiger partial charge in [-0.1, -0.05) is 30.3 Å².